The summed E-state index contributed by atoms with van der Waals surface area (Å²) < 4.78 is 4.94. The van der Waals surface area contributed by atoms with Gasteiger partial charge in [-0.05, 0) is 12.8 Å². The van der Waals surface area contributed by atoms with Gasteiger partial charge in [0.15, 0.2) is 0 Å². The van der Waals surface area contributed by atoms with E-state index >= 15 is 0 Å². The predicted molar refractivity (Wildman–Crippen MR) is 87.2 cm³/mol. The Bertz CT molecular complexity index is 373. The first kappa shape index (κ1) is 19.3. The molecule has 0 saturated carbocycles. The van der Waals surface area contributed by atoms with Crippen LogP contribution >= 0.6 is 31.9 Å². The molecule has 0 amide bonds. The fourth-order valence-electron chi connectivity index (χ4n) is 1.58. The first-order chi connectivity index (χ1) is 8.88. The monoisotopic (exact) mass is 380 g/mol. The molecule has 0 bridgehead atoms. The molecule has 100 valence electrons. The van der Waals surface area contributed by atoms with Gasteiger partial charge in [0.25, 0.3) is 0 Å². The summed E-state index contributed by atoms with van der Waals surface area (Å²) in [5.41, 5.74) is 0. The molecule has 1 aliphatic rings. The number of hydrogen-bond donors (Lipinski definition) is 0. The van der Waals surface area contributed by atoms with Crippen LogP contribution in [0.3, 0.4) is 0 Å². The summed E-state index contributed by atoms with van der Waals surface area (Å²) in [7, 11) is 0. The van der Waals surface area contributed by atoms with Crippen LogP contribution in [0.2, 0.25) is 0 Å². The number of hydrogen-bond acceptors (Lipinski definition) is 1. The van der Waals surface area contributed by atoms with Crippen LogP contribution < -0.4 is 18.9 Å². The van der Waals surface area contributed by atoms with Gasteiger partial charge in [0, 0.05) is 23.9 Å². The van der Waals surface area contributed by atoms with Crippen molar-refractivity contribution in [2.45, 2.75) is 12.8 Å². The van der Waals surface area contributed by atoms with Gasteiger partial charge in [0.05, 0.1) is 0 Å². The standard InChI is InChI=1S/C9H7.C4H8O.C2H4Br2.Li/c1-2-5-9-7-3-6-8(9)4-1;1-2-4-5-3-1;3-1-2-4;/h1-7H;1-4H2;1-2H2;/q-1;;;+1. The minimum atomic E-state index is 0. The van der Waals surface area contributed by atoms with E-state index in [1.807, 2.05) is 0 Å². The van der Waals surface area contributed by atoms with Crippen molar-refractivity contribution in [2.75, 3.05) is 23.9 Å². The molecular formula is C15H19Br2LiO. The Morgan fingerprint density at radius 3 is 2.11 bits per heavy atom. The average Bonchev–Trinajstić information content (AvgIpc) is 3.12. The first-order valence-corrected chi connectivity index (χ1v) is 8.43. The van der Waals surface area contributed by atoms with Crippen LogP contribution in [0.4, 0.5) is 0 Å². The quantitative estimate of drug-likeness (QED) is 0.417. The SMILES string of the molecule is BrCCBr.C1CCOC1.[Li+].c1ccc2[cH-]ccc2c1. The van der Waals surface area contributed by atoms with Crippen molar-refractivity contribution >= 4 is 42.6 Å². The van der Waals surface area contributed by atoms with Crippen LogP contribution in [0.25, 0.3) is 10.8 Å². The predicted octanol–water partition coefficient (Wildman–Crippen LogP) is 2.14. The van der Waals surface area contributed by atoms with Crippen LogP contribution in [-0.2, 0) is 4.74 Å². The summed E-state index contributed by atoms with van der Waals surface area (Å²) in [5.74, 6) is 0. The Hall–Kier alpha value is 0.347. The number of benzene rings is 1. The molecule has 0 N–H and O–H groups in total. The molecular weight excluding hydrogens is 363 g/mol. The molecule has 0 unspecified atom stereocenters. The van der Waals surface area contributed by atoms with Crippen molar-refractivity contribution in [1.82, 2.24) is 0 Å². The minimum Gasteiger partial charge on any atom is -0.381 e. The van der Waals surface area contributed by atoms with E-state index in [2.05, 4.69) is 74.3 Å². The molecule has 1 nitrogen and oxygen atoms in total. The maximum Gasteiger partial charge on any atom is 1.00 e. The number of ether oxygens (including phenoxy) is 1. The molecule has 0 aromatic heterocycles. The van der Waals surface area contributed by atoms with E-state index in [1.54, 1.807) is 0 Å². The second-order valence-electron chi connectivity index (χ2n) is 3.85. The second kappa shape index (κ2) is 13.3. The van der Waals surface area contributed by atoms with Crippen molar-refractivity contribution in [3.8, 4) is 0 Å². The van der Waals surface area contributed by atoms with Gasteiger partial charge in [-0.3, -0.25) is 0 Å². The van der Waals surface area contributed by atoms with Crippen molar-refractivity contribution in [3.63, 3.8) is 0 Å². The van der Waals surface area contributed by atoms with Gasteiger partial charge >= 0.3 is 18.9 Å². The van der Waals surface area contributed by atoms with Crippen LogP contribution in [-0.4, -0.2) is 23.9 Å². The molecule has 1 aliphatic heterocycles. The second-order valence-corrected chi connectivity index (χ2v) is 5.44. The van der Waals surface area contributed by atoms with Gasteiger partial charge in [0.1, 0.15) is 0 Å². The molecule has 2 aromatic carbocycles. The molecule has 4 heteroatoms. The molecule has 0 aliphatic carbocycles. The molecule has 2 aromatic rings. The van der Waals surface area contributed by atoms with Crippen molar-refractivity contribution < 1.29 is 23.6 Å². The van der Waals surface area contributed by atoms with E-state index in [0.717, 1.165) is 23.9 Å². The van der Waals surface area contributed by atoms with E-state index in [9.17, 15) is 0 Å². The zero-order chi connectivity index (χ0) is 13.1. The third kappa shape index (κ3) is 8.99. The molecule has 0 radical (unpaired) electrons. The fourth-order valence-corrected chi connectivity index (χ4v) is 1.58. The van der Waals surface area contributed by atoms with Gasteiger partial charge in [-0.2, -0.15) is 17.5 Å². The van der Waals surface area contributed by atoms with E-state index < -0.39 is 0 Å². The molecule has 3 rings (SSSR count). The summed E-state index contributed by atoms with van der Waals surface area (Å²) >= 11 is 6.40. The van der Waals surface area contributed by atoms with E-state index in [0.29, 0.717) is 0 Å². The summed E-state index contributed by atoms with van der Waals surface area (Å²) in [5, 5.41) is 4.76. The number of halogens is 2. The van der Waals surface area contributed by atoms with E-state index in [4.69, 9.17) is 4.74 Å². The maximum absolute atomic E-state index is 4.94. The summed E-state index contributed by atoms with van der Waals surface area (Å²) in [6.45, 7) is 2.00. The fraction of sp³-hybridized carbons (Fsp3) is 0.400. The number of alkyl halides is 2. The maximum atomic E-state index is 4.94. The molecule has 1 heterocycles. The topological polar surface area (TPSA) is 9.23 Å². The zero-order valence-electron chi connectivity index (χ0n) is 11.4. The Morgan fingerprint density at radius 1 is 1.00 bits per heavy atom. The zero-order valence-corrected chi connectivity index (χ0v) is 14.6. The van der Waals surface area contributed by atoms with Crippen LogP contribution in [0.5, 0.6) is 0 Å². The smallest absolute Gasteiger partial charge is 0.381 e. The first-order valence-electron chi connectivity index (χ1n) is 6.18. The van der Waals surface area contributed by atoms with Crippen molar-refractivity contribution in [2.24, 2.45) is 0 Å². The third-order valence-electron chi connectivity index (χ3n) is 2.45. The summed E-state index contributed by atoms with van der Waals surface area (Å²) in [6.07, 6.45) is 2.56. The average molecular weight is 382 g/mol. The molecule has 1 saturated heterocycles. The van der Waals surface area contributed by atoms with Crippen LogP contribution in [0, 0.1) is 0 Å². The Kier molecular flexibility index (Phi) is 13.6. The number of rotatable bonds is 1. The van der Waals surface area contributed by atoms with Gasteiger partial charge in [-0.1, -0.05) is 37.9 Å². The minimum absolute atomic E-state index is 0. The summed E-state index contributed by atoms with van der Waals surface area (Å²) in [4.78, 5) is 0. The normalized spacial score (nSPS) is 12.7. The van der Waals surface area contributed by atoms with Gasteiger partial charge in [0.2, 0.25) is 0 Å². The third-order valence-corrected chi connectivity index (χ3v) is 4.30. The van der Waals surface area contributed by atoms with Gasteiger partial charge < -0.3 is 4.74 Å². The van der Waals surface area contributed by atoms with Crippen molar-refractivity contribution in [1.29, 1.82) is 0 Å². The van der Waals surface area contributed by atoms with E-state index in [1.165, 1.54) is 23.6 Å². The van der Waals surface area contributed by atoms with Gasteiger partial charge in [-0.15, -0.1) is 29.7 Å². The summed E-state index contributed by atoms with van der Waals surface area (Å²) in [6, 6.07) is 14.7. The van der Waals surface area contributed by atoms with Gasteiger partial charge in [-0.25, -0.2) is 0 Å². The Balaban J connectivity index is 0.000000280. The molecule has 1 fully saturated rings. The van der Waals surface area contributed by atoms with E-state index in [-0.39, 0.29) is 18.9 Å². The van der Waals surface area contributed by atoms with Crippen molar-refractivity contribution in [3.05, 3.63) is 42.5 Å². The number of fused-ring (bicyclic) bond motifs is 1. The van der Waals surface area contributed by atoms with Crippen LogP contribution in [0.1, 0.15) is 12.8 Å². The molecule has 19 heavy (non-hydrogen) atoms. The Morgan fingerprint density at radius 2 is 1.63 bits per heavy atom. The molecule has 0 spiro atoms. The molecule has 0 atom stereocenters. The van der Waals surface area contributed by atoms with Crippen LogP contribution in [0.15, 0.2) is 42.5 Å². The largest absolute Gasteiger partial charge is 1.00 e. The Labute approximate surface area is 144 Å².